The molecule has 1 atom stereocenters. The summed E-state index contributed by atoms with van der Waals surface area (Å²) in [6.45, 7) is 3.31. The molecule has 3 rings (SSSR count). The number of hydrogen-bond donors (Lipinski definition) is 2. The van der Waals surface area contributed by atoms with Crippen molar-refractivity contribution in [2.24, 2.45) is 0 Å². The summed E-state index contributed by atoms with van der Waals surface area (Å²) >= 11 is 1.29. The van der Waals surface area contributed by atoms with Crippen LogP contribution in [0.4, 0.5) is 5.69 Å². The number of ether oxygens (including phenoxy) is 1. The minimum Gasteiger partial charge on any atom is -0.376 e. The molecule has 2 amide bonds. The second-order valence-corrected chi connectivity index (χ2v) is 7.19. The lowest BCUT2D eigenvalue weighted by Crippen LogP contribution is -2.31. The number of rotatable bonds is 7. The van der Waals surface area contributed by atoms with Gasteiger partial charge >= 0.3 is 0 Å². The second kappa shape index (κ2) is 8.86. The quantitative estimate of drug-likeness (QED) is 0.777. The summed E-state index contributed by atoms with van der Waals surface area (Å²) in [6, 6.07) is 6.84. The Morgan fingerprint density at radius 1 is 1.31 bits per heavy atom. The summed E-state index contributed by atoms with van der Waals surface area (Å²) in [5.41, 5.74) is 1.04. The SMILES string of the molecule is CCCc1nnc(C(=O)Nc2cccc(C(=O)NCC3CCCO3)c2)s1. The molecule has 1 fully saturated rings. The Hall–Kier alpha value is -2.32. The molecule has 1 saturated heterocycles. The van der Waals surface area contributed by atoms with Crippen molar-refractivity contribution in [2.75, 3.05) is 18.5 Å². The molecule has 0 saturated carbocycles. The van der Waals surface area contributed by atoms with Crippen molar-refractivity contribution in [1.82, 2.24) is 15.5 Å². The molecule has 0 radical (unpaired) electrons. The van der Waals surface area contributed by atoms with Crippen molar-refractivity contribution in [2.45, 2.75) is 38.7 Å². The van der Waals surface area contributed by atoms with Crippen LogP contribution in [0.5, 0.6) is 0 Å². The van der Waals surface area contributed by atoms with Crippen LogP contribution in [0.1, 0.15) is 51.4 Å². The van der Waals surface area contributed by atoms with Gasteiger partial charge in [-0.2, -0.15) is 0 Å². The number of benzene rings is 1. The molecular formula is C18H22N4O3S. The molecular weight excluding hydrogens is 352 g/mol. The number of carbonyl (C=O) groups excluding carboxylic acids is 2. The highest BCUT2D eigenvalue weighted by Gasteiger charge is 2.17. The van der Waals surface area contributed by atoms with E-state index in [4.69, 9.17) is 4.74 Å². The van der Waals surface area contributed by atoms with E-state index in [0.717, 1.165) is 37.3 Å². The first-order chi connectivity index (χ1) is 12.7. The van der Waals surface area contributed by atoms with E-state index in [-0.39, 0.29) is 17.9 Å². The van der Waals surface area contributed by atoms with Crippen molar-refractivity contribution in [3.63, 3.8) is 0 Å². The van der Waals surface area contributed by atoms with Gasteiger partial charge in [0.2, 0.25) is 5.01 Å². The van der Waals surface area contributed by atoms with Gasteiger partial charge in [0.25, 0.3) is 11.8 Å². The number of amides is 2. The summed E-state index contributed by atoms with van der Waals surface area (Å²) in [5.74, 6) is -0.500. The number of aromatic nitrogens is 2. The highest BCUT2D eigenvalue weighted by Crippen LogP contribution is 2.16. The van der Waals surface area contributed by atoms with E-state index < -0.39 is 0 Å². The lowest BCUT2D eigenvalue weighted by atomic mass is 10.1. The van der Waals surface area contributed by atoms with Gasteiger partial charge in [0.15, 0.2) is 0 Å². The summed E-state index contributed by atoms with van der Waals surface area (Å²) in [7, 11) is 0. The molecule has 26 heavy (non-hydrogen) atoms. The number of anilines is 1. The third kappa shape index (κ3) is 4.86. The van der Waals surface area contributed by atoms with Gasteiger partial charge in [-0.05, 0) is 37.5 Å². The minimum absolute atomic E-state index is 0.0940. The van der Waals surface area contributed by atoms with Crippen molar-refractivity contribution >= 4 is 28.8 Å². The standard InChI is InChI=1S/C18H22N4O3S/c1-2-5-15-21-22-18(26-15)17(24)20-13-7-3-6-12(10-13)16(23)19-11-14-8-4-9-25-14/h3,6-7,10,14H,2,4-5,8-9,11H2,1H3,(H,19,23)(H,20,24). The van der Waals surface area contributed by atoms with Crippen molar-refractivity contribution in [3.8, 4) is 0 Å². The molecule has 2 N–H and O–H groups in total. The fourth-order valence-corrected chi connectivity index (χ4v) is 3.53. The van der Waals surface area contributed by atoms with E-state index in [1.165, 1.54) is 11.3 Å². The first kappa shape index (κ1) is 18.5. The largest absolute Gasteiger partial charge is 0.376 e. The Balaban J connectivity index is 1.58. The molecule has 0 bridgehead atoms. The van der Waals surface area contributed by atoms with Gasteiger partial charge in [0, 0.05) is 30.8 Å². The molecule has 1 aromatic carbocycles. The van der Waals surface area contributed by atoms with Gasteiger partial charge in [-0.1, -0.05) is 24.3 Å². The van der Waals surface area contributed by atoms with E-state index in [9.17, 15) is 9.59 Å². The summed E-state index contributed by atoms with van der Waals surface area (Å²) < 4.78 is 5.50. The highest BCUT2D eigenvalue weighted by molar-refractivity contribution is 7.13. The van der Waals surface area contributed by atoms with Gasteiger partial charge in [-0.3, -0.25) is 9.59 Å². The third-order valence-corrected chi connectivity index (χ3v) is 5.00. The molecule has 2 aromatic rings. The smallest absolute Gasteiger partial charge is 0.286 e. The Morgan fingerprint density at radius 2 is 2.19 bits per heavy atom. The first-order valence-electron chi connectivity index (χ1n) is 8.79. The molecule has 7 nitrogen and oxygen atoms in total. The average molecular weight is 374 g/mol. The maximum atomic E-state index is 12.3. The Bertz CT molecular complexity index is 771. The predicted octanol–water partition coefficient (Wildman–Crippen LogP) is 2.65. The third-order valence-electron chi connectivity index (χ3n) is 4.02. The van der Waals surface area contributed by atoms with Gasteiger partial charge in [0.05, 0.1) is 6.10 Å². The van der Waals surface area contributed by atoms with Crippen LogP contribution in [0, 0.1) is 0 Å². The topological polar surface area (TPSA) is 93.2 Å². The zero-order valence-corrected chi connectivity index (χ0v) is 15.5. The van der Waals surface area contributed by atoms with Crippen LogP contribution < -0.4 is 10.6 Å². The molecule has 1 aliphatic heterocycles. The zero-order chi connectivity index (χ0) is 18.4. The van der Waals surface area contributed by atoms with Gasteiger partial charge < -0.3 is 15.4 Å². The van der Waals surface area contributed by atoms with Crippen molar-refractivity contribution in [3.05, 3.63) is 39.8 Å². The van der Waals surface area contributed by atoms with E-state index in [1.54, 1.807) is 24.3 Å². The summed E-state index contributed by atoms with van der Waals surface area (Å²) in [5, 5.41) is 14.7. The van der Waals surface area contributed by atoms with Crippen LogP contribution in [-0.2, 0) is 11.2 Å². The van der Waals surface area contributed by atoms with Crippen molar-refractivity contribution < 1.29 is 14.3 Å². The fourth-order valence-electron chi connectivity index (χ4n) is 2.70. The normalized spacial score (nSPS) is 16.4. The van der Waals surface area contributed by atoms with Crippen LogP contribution in [0.3, 0.4) is 0 Å². The number of aryl methyl sites for hydroxylation is 1. The molecule has 0 spiro atoms. The van der Waals surface area contributed by atoms with E-state index in [2.05, 4.69) is 27.8 Å². The minimum atomic E-state index is -0.318. The maximum Gasteiger partial charge on any atom is 0.286 e. The van der Waals surface area contributed by atoms with Crippen LogP contribution >= 0.6 is 11.3 Å². The monoisotopic (exact) mass is 374 g/mol. The number of carbonyl (C=O) groups is 2. The predicted molar refractivity (Wildman–Crippen MR) is 99.6 cm³/mol. The second-order valence-electron chi connectivity index (χ2n) is 6.13. The molecule has 1 aromatic heterocycles. The Labute approximate surface area is 156 Å². The zero-order valence-electron chi connectivity index (χ0n) is 14.7. The van der Waals surface area contributed by atoms with Gasteiger partial charge in [-0.25, -0.2) is 0 Å². The van der Waals surface area contributed by atoms with E-state index >= 15 is 0 Å². The first-order valence-corrected chi connectivity index (χ1v) is 9.61. The van der Waals surface area contributed by atoms with E-state index in [1.807, 2.05) is 0 Å². The summed E-state index contributed by atoms with van der Waals surface area (Å²) in [6.07, 6.45) is 3.87. The number of nitrogens with zero attached hydrogens (tertiary/aromatic N) is 2. The van der Waals surface area contributed by atoms with Gasteiger partial charge in [0.1, 0.15) is 5.01 Å². The van der Waals surface area contributed by atoms with E-state index in [0.29, 0.717) is 22.8 Å². The molecule has 138 valence electrons. The molecule has 1 unspecified atom stereocenters. The molecule has 8 heteroatoms. The fraction of sp³-hybridized carbons (Fsp3) is 0.444. The van der Waals surface area contributed by atoms with Crippen LogP contribution in [-0.4, -0.2) is 41.3 Å². The number of hydrogen-bond acceptors (Lipinski definition) is 6. The Morgan fingerprint density at radius 3 is 2.96 bits per heavy atom. The lowest BCUT2D eigenvalue weighted by molar-refractivity contribution is 0.0857. The van der Waals surface area contributed by atoms with Crippen molar-refractivity contribution in [1.29, 1.82) is 0 Å². The summed E-state index contributed by atoms with van der Waals surface area (Å²) in [4.78, 5) is 24.6. The van der Waals surface area contributed by atoms with Crippen LogP contribution in [0.25, 0.3) is 0 Å². The Kier molecular flexibility index (Phi) is 6.30. The average Bonchev–Trinajstić information content (AvgIpc) is 3.32. The van der Waals surface area contributed by atoms with Crippen LogP contribution in [0.15, 0.2) is 24.3 Å². The maximum absolute atomic E-state index is 12.3. The molecule has 2 heterocycles. The van der Waals surface area contributed by atoms with Crippen LogP contribution in [0.2, 0.25) is 0 Å². The highest BCUT2D eigenvalue weighted by atomic mass is 32.1. The van der Waals surface area contributed by atoms with Gasteiger partial charge in [-0.15, -0.1) is 10.2 Å². The molecule has 1 aliphatic rings. The number of nitrogens with one attached hydrogen (secondary N) is 2. The lowest BCUT2D eigenvalue weighted by Gasteiger charge is -2.11. The molecule has 0 aliphatic carbocycles.